The minimum Gasteiger partial charge on any atom is -0.379 e. The van der Waals surface area contributed by atoms with E-state index in [0.29, 0.717) is 39.5 Å². The Morgan fingerprint density at radius 1 is 1.10 bits per heavy atom. The molecule has 1 aliphatic rings. The molecule has 0 atom stereocenters. The van der Waals surface area contributed by atoms with Gasteiger partial charge in [-0.05, 0) is 32.6 Å². The van der Waals surface area contributed by atoms with Gasteiger partial charge in [0, 0.05) is 45.8 Å². The SMILES string of the molecule is CCCCOCCOCCNC(=NCCCn1nc2n(c1=O)CCCC2)NCC.I. The van der Waals surface area contributed by atoms with Crippen molar-refractivity contribution in [3.8, 4) is 0 Å². The normalized spacial score (nSPS) is 13.6. The van der Waals surface area contributed by atoms with Gasteiger partial charge in [0.1, 0.15) is 5.82 Å². The number of guanidine groups is 1. The van der Waals surface area contributed by atoms with E-state index in [1.807, 2.05) is 11.5 Å². The number of aryl methyl sites for hydroxylation is 2. The first-order valence-electron chi connectivity index (χ1n) is 11.1. The van der Waals surface area contributed by atoms with Gasteiger partial charge in [0.25, 0.3) is 0 Å². The summed E-state index contributed by atoms with van der Waals surface area (Å²) in [6.45, 7) is 10.4. The molecule has 30 heavy (non-hydrogen) atoms. The average molecular weight is 538 g/mol. The number of aromatic nitrogens is 3. The second-order valence-electron chi connectivity index (χ2n) is 7.15. The van der Waals surface area contributed by atoms with Crippen molar-refractivity contribution in [1.82, 2.24) is 25.0 Å². The number of fused-ring (bicyclic) bond motifs is 1. The van der Waals surface area contributed by atoms with E-state index in [9.17, 15) is 4.79 Å². The Morgan fingerprint density at radius 2 is 1.90 bits per heavy atom. The van der Waals surface area contributed by atoms with Crippen LogP contribution in [0.25, 0.3) is 0 Å². The highest BCUT2D eigenvalue weighted by Crippen LogP contribution is 2.09. The minimum atomic E-state index is 0. The number of hydrogen-bond acceptors (Lipinski definition) is 5. The van der Waals surface area contributed by atoms with Gasteiger partial charge in [-0.25, -0.2) is 9.48 Å². The van der Waals surface area contributed by atoms with Crippen LogP contribution in [0.5, 0.6) is 0 Å². The largest absolute Gasteiger partial charge is 0.379 e. The molecule has 9 nitrogen and oxygen atoms in total. The first-order valence-corrected chi connectivity index (χ1v) is 11.1. The van der Waals surface area contributed by atoms with E-state index in [-0.39, 0.29) is 29.7 Å². The fourth-order valence-corrected chi connectivity index (χ4v) is 3.16. The topological polar surface area (TPSA) is 94.7 Å². The molecule has 1 aliphatic heterocycles. The van der Waals surface area contributed by atoms with E-state index in [0.717, 1.165) is 70.0 Å². The summed E-state index contributed by atoms with van der Waals surface area (Å²) in [6, 6.07) is 0. The van der Waals surface area contributed by atoms with E-state index >= 15 is 0 Å². The smallest absolute Gasteiger partial charge is 0.345 e. The van der Waals surface area contributed by atoms with E-state index in [2.05, 4.69) is 27.6 Å². The lowest BCUT2D eigenvalue weighted by Crippen LogP contribution is -2.39. The summed E-state index contributed by atoms with van der Waals surface area (Å²) in [5.74, 6) is 1.70. The van der Waals surface area contributed by atoms with Crippen LogP contribution in [0, 0.1) is 0 Å². The van der Waals surface area contributed by atoms with Crippen LogP contribution in [0.1, 0.15) is 51.8 Å². The Bertz CT molecular complexity index is 661. The third kappa shape index (κ3) is 9.78. The van der Waals surface area contributed by atoms with Gasteiger partial charge >= 0.3 is 5.69 Å². The van der Waals surface area contributed by atoms with E-state index in [1.165, 1.54) is 0 Å². The van der Waals surface area contributed by atoms with Crippen molar-refractivity contribution in [2.45, 2.75) is 65.5 Å². The fourth-order valence-electron chi connectivity index (χ4n) is 3.16. The first-order chi connectivity index (χ1) is 14.3. The van der Waals surface area contributed by atoms with E-state index in [1.54, 1.807) is 4.68 Å². The maximum atomic E-state index is 12.3. The van der Waals surface area contributed by atoms with E-state index < -0.39 is 0 Å². The van der Waals surface area contributed by atoms with Crippen molar-refractivity contribution in [3.05, 3.63) is 16.3 Å². The van der Waals surface area contributed by atoms with Crippen molar-refractivity contribution < 1.29 is 9.47 Å². The second-order valence-corrected chi connectivity index (χ2v) is 7.15. The first kappa shape index (κ1) is 26.9. The molecule has 0 aliphatic carbocycles. The predicted molar refractivity (Wildman–Crippen MR) is 130 cm³/mol. The van der Waals surface area contributed by atoms with Gasteiger partial charge in [0.2, 0.25) is 0 Å². The predicted octanol–water partition coefficient (Wildman–Crippen LogP) is 1.78. The Kier molecular flexibility index (Phi) is 14.8. The summed E-state index contributed by atoms with van der Waals surface area (Å²) < 4.78 is 14.4. The summed E-state index contributed by atoms with van der Waals surface area (Å²) in [5.41, 5.74) is 0.0181. The standard InChI is InChI=1S/C20H38N6O3.HI/c1-3-5-14-28-16-17-29-15-11-23-19(21-4-2)22-10-8-13-26-20(27)25-12-7-6-9-18(25)24-26;/h3-17H2,1-2H3,(H2,21,22,23);1H. The van der Waals surface area contributed by atoms with Gasteiger partial charge in [-0.15, -0.1) is 24.0 Å². The van der Waals surface area contributed by atoms with Crippen LogP contribution in [-0.2, 0) is 29.0 Å². The molecule has 2 rings (SSSR count). The molecule has 0 aromatic carbocycles. The van der Waals surface area contributed by atoms with Crippen molar-refractivity contribution in [3.63, 3.8) is 0 Å². The summed E-state index contributed by atoms with van der Waals surface area (Å²) in [4.78, 5) is 16.9. The van der Waals surface area contributed by atoms with Crippen molar-refractivity contribution in [2.24, 2.45) is 4.99 Å². The molecule has 0 spiro atoms. The van der Waals surface area contributed by atoms with Gasteiger partial charge in [0.05, 0.1) is 19.8 Å². The zero-order valence-corrected chi connectivity index (χ0v) is 20.9. The van der Waals surface area contributed by atoms with Crippen molar-refractivity contribution >= 4 is 29.9 Å². The summed E-state index contributed by atoms with van der Waals surface area (Å²) in [7, 11) is 0. The Balaban J connectivity index is 0.00000450. The average Bonchev–Trinajstić information content (AvgIpc) is 3.05. The number of halogens is 1. The summed E-state index contributed by atoms with van der Waals surface area (Å²) in [5, 5.41) is 11.0. The summed E-state index contributed by atoms with van der Waals surface area (Å²) in [6.07, 6.45) is 6.12. The van der Waals surface area contributed by atoms with Gasteiger partial charge in [-0.2, -0.15) is 5.10 Å². The van der Waals surface area contributed by atoms with Crippen LogP contribution in [-0.4, -0.2) is 66.4 Å². The third-order valence-electron chi connectivity index (χ3n) is 4.73. The molecular formula is C20H39IN6O3. The molecule has 2 N–H and O–H groups in total. The Labute approximate surface area is 197 Å². The van der Waals surface area contributed by atoms with Crippen LogP contribution in [0.3, 0.4) is 0 Å². The lowest BCUT2D eigenvalue weighted by atomic mass is 10.2. The Morgan fingerprint density at radius 3 is 2.63 bits per heavy atom. The van der Waals surface area contributed by atoms with Crippen molar-refractivity contribution in [1.29, 1.82) is 0 Å². The lowest BCUT2D eigenvalue weighted by Gasteiger charge is -2.11. The third-order valence-corrected chi connectivity index (χ3v) is 4.73. The van der Waals surface area contributed by atoms with Crippen LogP contribution < -0.4 is 16.3 Å². The lowest BCUT2D eigenvalue weighted by molar-refractivity contribution is 0.0487. The van der Waals surface area contributed by atoms with Gasteiger partial charge in [0.15, 0.2) is 5.96 Å². The zero-order chi connectivity index (χ0) is 20.7. The number of ether oxygens (including phenoxy) is 2. The molecule has 10 heteroatoms. The minimum absolute atomic E-state index is 0. The molecule has 174 valence electrons. The van der Waals surface area contributed by atoms with E-state index in [4.69, 9.17) is 9.47 Å². The molecular weight excluding hydrogens is 499 g/mol. The molecule has 0 radical (unpaired) electrons. The maximum Gasteiger partial charge on any atom is 0.345 e. The zero-order valence-electron chi connectivity index (χ0n) is 18.5. The highest BCUT2D eigenvalue weighted by molar-refractivity contribution is 14.0. The van der Waals surface area contributed by atoms with Gasteiger partial charge in [-0.3, -0.25) is 9.56 Å². The van der Waals surface area contributed by atoms with Crippen LogP contribution in [0.2, 0.25) is 0 Å². The second kappa shape index (κ2) is 16.5. The highest BCUT2D eigenvalue weighted by atomic mass is 127. The van der Waals surface area contributed by atoms with Crippen LogP contribution in [0.15, 0.2) is 9.79 Å². The number of rotatable bonds is 14. The number of unbranched alkanes of at least 4 members (excludes halogenated alkanes) is 1. The molecule has 0 bridgehead atoms. The quantitative estimate of drug-likeness (QED) is 0.162. The molecule has 2 heterocycles. The Hall–Kier alpha value is -1.14. The number of nitrogens with zero attached hydrogens (tertiary/aromatic N) is 4. The van der Waals surface area contributed by atoms with Crippen molar-refractivity contribution in [2.75, 3.05) is 46.1 Å². The monoisotopic (exact) mass is 538 g/mol. The highest BCUT2D eigenvalue weighted by Gasteiger charge is 2.16. The molecule has 0 amide bonds. The number of aliphatic imine (C=N–C) groups is 1. The number of hydrogen-bond donors (Lipinski definition) is 2. The van der Waals surface area contributed by atoms with Gasteiger partial charge < -0.3 is 20.1 Å². The van der Waals surface area contributed by atoms with Crippen LogP contribution >= 0.6 is 24.0 Å². The fraction of sp³-hybridized carbons (Fsp3) is 0.850. The molecule has 1 aromatic heterocycles. The molecule has 1 aromatic rings. The summed E-state index contributed by atoms with van der Waals surface area (Å²) >= 11 is 0. The molecule has 0 saturated heterocycles. The van der Waals surface area contributed by atoms with Gasteiger partial charge in [-0.1, -0.05) is 13.3 Å². The molecule has 0 unspecified atom stereocenters. The molecule has 0 saturated carbocycles. The van der Waals surface area contributed by atoms with Crippen LogP contribution in [0.4, 0.5) is 0 Å². The molecule has 0 fully saturated rings. The number of nitrogens with one attached hydrogen (secondary N) is 2. The maximum absolute atomic E-state index is 12.3.